The van der Waals surface area contributed by atoms with Gasteiger partial charge in [-0.1, -0.05) is 18.2 Å². The van der Waals surface area contributed by atoms with Crippen molar-refractivity contribution in [2.24, 2.45) is 0 Å². The molecule has 0 aliphatic carbocycles. The summed E-state index contributed by atoms with van der Waals surface area (Å²) in [5.74, 6) is -0.178. The molecule has 1 aromatic carbocycles. The summed E-state index contributed by atoms with van der Waals surface area (Å²) in [6.45, 7) is 0.833. The van der Waals surface area contributed by atoms with Gasteiger partial charge in [-0.2, -0.15) is 0 Å². The first-order valence-electron chi connectivity index (χ1n) is 3.11. The number of alkyl halides is 2. The first-order valence-corrected chi connectivity index (χ1v) is 3.11. The Morgan fingerprint density at radius 3 is 1.64 bits per heavy atom. The van der Waals surface area contributed by atoms with Gasteiger partial charge in [0.1, 0.15) is 5.82 Å². The van der Waals surface area contributed by atoms with Crippen molar-refractivity contribution in [3.05, 3.63) is 36.1 Å². The number of hydrogen-bond donors (Lipinski definition) is 0. The molecule has 0 bridgehead atoms. The largest absolute Gasteiger partial charge is 0.235 e. The van der Waals surface area contributed by atoms with Crippen molar-refractivity contribution >= 4 is 0 Å². The first-order chi connectivity index (χ1) is 5.13. The van der Waals surface area contributed by atoms with Crippen LogP contribution in [0.4, 0.5) is 13.2 Å². The lowest BCUT2D eigenvalue weighted by molar-refractivity contribution is 0.171. The Morgan fingerprint density at radius 1 is 1.09 bits per heavy atom. The van der Waals surface area contributed by atoms with Gasteiger partial charge in [0.25, 0.3) is 0 Å². The van der Waals surface area contributed by atoms with Gasteiger partial charge in [0.15, 0.2) is 0 Å². The number of halogens is 3. The Balaban J connectivity index is 0.000000218. The Morgan fingerprint density at radius 2 is 1.45 bits per heavy atom. The van der Waals surface area contributed by atoms with E-state index in [0.717, 1.165) is 6.92 Å². The van der Waals surface area contributed by atoms with Gasteiger partial charge in [0, 0.05) is 0 Å². The number of hydrogen-bond acceptors (Lipinski definition) is 0. The van der Waals surface area contributed by atoms with E-state index in [9.17, 15) is 13.2 Å². The molecule has 1 aromatic rings. The molecule has 0 spiro atoms. The smallest absolute Gasteiger partial charge is 0.211 e. The second-order valence-electron chi connectivity index (χ2n) is 1.81. The Hall–Kier alpha value is -0.990. The maximum absolute atomic E-state index is 11.9. The predicted molar refractivity (Wildman–Crippen MR) is 38.1 cm³/mol. The molecule has 0 saturated carbocycles. The zero-order valence-corrected chi connectivity index (χ0v) is 6.10. The van der Waals surface area contributed by atoms with Crippen molar-refractivity contribution in [2.75, 3.05) is 0 Å². The second kappa shape index (κ2) is 5.77. The van der Waals surface area contributed by atoms with E-state index in [1.165, 1.54) is 12.1 Å². The number of benzene rings is 1. The van der Waals surface area contributed by atoms with E-state index in [-0.39, 0.29) is 5.82 Å². The average molecular weight is 162 g/mol. The van der Waals surface area contributed by atoms with E-state index in [1.54, 1.807) is 18.2 Å². The molecule has 0 fully saturated rings. The van der Waals surface area contributed by atoms with E-state index >= 15 is 0 Å². The highest BCUT2D eigenvalue weighted by Crippen LogP contribution is 1.91. The molecule has 0 amide bonds. The summed E-state index contributed by atoms with van der Waals surface area (Å²) >= 11 is 0. The van der Waals surface area contributed by atoms with Crippen LogP contribution in [0.5, 0.6) is 0 Å². The van der Waals surface area contributed by atoms with Gasteiger partial charge < -0.3 is 0 Å². The Labute approximate surface area is 63.7 Å². The van der Waals surface area contributed by atoms with Crippen LogP contribution in [0.15, 0.2) is 30.3 Å². The molecule has 0 saturated heterocycles. The molecule has 0 aromatic heterocycles. The normalized spacial score (nSPS) is 8.82. The van der Waals surface area contributed by atoms with Crippen LogP contribution in [-0.2, 0) is 0 Å². The van der Waals surface area contributed by atoms with Gasteiger partial charge in [-0.05, 0) is 19.1 Å². The Kier molecular flexibility index (Phi) is 5.25. The molecule has 3 heteroatoms. The molecular formula is C8H9F3. The molecule has 0 unspecified atom stereocenters. The quantitative estimate of drug-likeness (QED) is 0.549. The minimum absolute atomic E-state index is 0.178. The van der Waals surface area contributed by atoms with Gasteiger partial charge in [-0.3, -0.25) is 0 Å². The molecular weight excluding hydrogens is 153 g/mol. The van der Waals surface area contributed by atoms with E-state index in [2.05, 4.69) is 0 Å². The molecule has 1 rings (SSSR count). The maximum atomic E-state index is 11.9. The fourth-order valence-corrected chi connectivity index (χ4v) is 0.415. The first kappa shape index (κ1) is 10.0. The standard InChI is InChI=1S/C6H5F.C2H4F2/c7-6-4-2-1-3-5-6;1-2(3)4/h1-5H;2H,1H3. The molecule has 11 heavy (non-hydrogen) atoms. The second-order valence-corrected chi connectivity index (χ2v) is 1.81. The topological polar surface area (TPSA) is 0 Å². The fourth-order valence-electron chi connectivity index (χ4n) is 0.415. The van der Waals surface area contributed by atoms with E-state index in [0.29, 0.717) is 0 Å². The molecule has 0 nitrogen and oxygen atoms in total. The maximum Gasteiger partial charge on any atom is 0.235 e. The van der Waals surface area contributed by atoms with Gasteiger partial charge >= 0.3 is 0 Å². The van der Waals surface area contributed by atoms with Crippen LogP contribution >= 0.6 is 0 Å². The average Bonchev–Trinajstić information content (AvgIpc) is 1.87. The molecule has 62 valence electrons. The van der Waals surface area contributed by atoms with Crippen molar-refractivity contribution < 1.29 is 13.2 Å². The molecule has 0 N–H and O–H groups in total. The summed E-state index contributed by atoms with van der Waals surface area (Å²) in [4.78, 5) is 0. The molecule has 0 radical (unpaired) electrons. The fraction of sp³-hybridized carbons (Fsp3) is 0.250. The summed E-state index contributed by atoms with van der Waals surface area (Å²) in [5, 5.41) is 0. The summed E-state index contributed by atoms with van der Waals surface area (Å²) in [5.41, 5.74) is 0. The zero-order valence-electron chi connectivity index (χ0n) is 6.10. The summed E-state index contributed by atoms with van der Waals surface area (Å²) in [6, 6.07) is 7.94. The van der Waals surface area contributed by atoms with Crippen molar-refractivity contribution in [1.29, 1.82) is 0 Å². The molecule has 0 heterocycles. The third-order valence-corrected chi connectivity index (χ3v) is 0.733. The van der Waals surface area contributed by atoms with Crippen LogP contribution in [0.25, 0.3) is 0 Å². The minimum Gasteiger partial charge on any atom is -0.211 e. The predicted octanol–water partition coefficient (Wildman–Crippen LogP) is 3.10. The highest BCUT2D eigenvalue weighted by Gasteiger charge is 1.79. The molecule has 0 atom stereocenters. The lowest BCUT2D eigenvalue weighted by atomic mass is 10.4. The SMILES string of the molecule is CC(F)F.Fc1ccccc1. The van der Waals surface area contributed by atoms with Crippen LogP contribution in [0.1, 0.15) is 6.92 Å². The van der Waals surface area contributed by atoms with Gasteiger partial charge in [-0.15, -0.1) is 0 Å². The summed E-state index contributed by atoms with van der Waals surface area (Å²) < 4.78 is 32.6. The van der Waals surface area contributed by atoms with Crippen molar-refractivity contribution in [2.45, 2.75) is 13.3 Å². The van der Waals surface area contributed by atoms with Gasteiger partial charge in [0.2, 0.25) is 6.43 Å². The van der Waals surface area contributed by atoms with Gasteiger partial charge in [-0.25, -0.2) is 13.2 Å². The molecule has 0 aliphatic heterocycles. The third-order valence-electron chi connectivity index (χ3n) is 0.733. The number of rotatable bonds is 0. The van der Waals surface area contributed by atoms with Crippen LogP contribution in [0.2, 0.25) is 0 Å². The highest BCUT2D eigenvalue weighted by atomic mass is 19.3. The Bertz CT molecular complexity index is 169. The van der Waals surface area contributed by atoms with Crippen molar-refractivity contribution in [1.82, 2.24) is 0 Å². The van der Waals surface area contributed by atoms with Gasteiger partial charge in [0.05, 0.1) is 0 Å². The monoisotopic (exact) mass is 162 g/mol. The van der Waals surface area contributed by atoms with E-state index in [4.69, 9.17) is 0 Å². The third kappa shape index (κ3) is 9.01. The lowest BCUT2D eigenvalue weighted by Crippen LogP contribution is -1.69. The van der Waals surface area contributed by atoms with Crippen molar-refractivity contribution in [3.63, 3.8) is 0 Å². The summed E-state index contributed by atoms with van der Waals surface area (Å²) in [7, 11) is 0. The van der Waals surface area contributed by atoms with Crippen LogP contribution in [0, 0.1) is 5.82 Å². The van der Waals surface area contributed by atoms with E-state index in [1.807, 2.05) is 0 Å². The lowest BCUT2D eigenvalue weighted by Gasteiger charge is -1.78. The minimum atomic E-state index is -2.17. The van der Waals surface area contributed by atoms with Crippen LogP contribution < -0.4 is 0 Å². The van der Waals surface area contributed by atoms with Crippen molar-refractivity contribution in [3.8, 4) is 0 Å². The van der Waals surface area contributed by atoms with Crippen LogP contribution in [-0.4, -0.2) is 6.43 Å². The molecule has 0 aliphatic rings. The van der Waals surface area contributed by atoms with E-state index < -0.39 is 6.43 Å². The van der Waals surface area contributed by atoms with Crippen LogP contribution in [0.3, 0.4) is 0 Å². The zero-order chi connectivity index (χ0) is 8.69. The highest BCUT2D eigenvalue weighted by molar-refractivity contribution is 5.02. The summed E-state index contributed by atoms with van der Waals surface area (Å²) in [6.07, 6.45) is -2.17.